The van der Waals surface area contributed by atoms with Crippen molar-refractivity contribution in [3.63, 3.8) is 0 Å². The second kappa shape index (κ2) is 7.20. The molecule has 0 aliphatic heterocycles. The Kier molecular flexibility index (Phi) is 4.83. The molecule has 24 heavy (non-hydrogen) atoms. The van der Waals surface area contributed by atoms with E-state index < -0.39 is 0 Å². The van der Waals surface area contributed by atoms with Crippen LogP contribution in [-0.4, -0.2) is 10.7 Å². The van der Waals surface area contributed by atoms with Gasteiger partial charge in [0, 0.05) is 11.1 Å². The second-order valence-electron chi connectivity index (χ2n) is 5.20. The van der Waals surface area contributed by atoms with Crippen LogP contribution in [0.25, 0.3) is 22.3 Å². The van der Waals surface area contributed by atoms with Crippen LogP contribution in [0.3, 0.4) is 0 Å². The molecule has 1 aromatic heterocycles. The van der Waals surface area contributed by atoms with E-state index in [0.717, 1.165) is 28.0 Å². The molecule has 0 amide bonds. The normalized spacial score (nSPS) is 10.3. The number of nitriles is 1. The number of nitrogens with two attached hydrogens (primary N) is 1. The first-order valence-corrected chi connectivity index (χ1v) is 8.72. The summed E-state index contributed by atoms with van der Waals surface area (Å²) in [5.41, 5.74) is 10.5. The molecule has 3 nitrogen and oxygen atoms in total. The van der Waals surface area contributed by atoms with Crippen LogP contribution in [0, 0.1) is 11.3 Å². The Morgan fingerprint density at radius 2 is 1.50 bits per heavy atom. The molecule has 4 heteroatoms. The second-order valence-corrected chi connectivity index (χ2v) is 6.46. The fourth-order valence-corrected chi connectivity index (χ4v) is 3.45. The van der Waals surface area contributed by atoms with Crippen LogP contribution in [-0.2, 0) is 0 Å². The maximum absolute atomic E-state index is 9.81. The van der Waals surface area contributed by atoms with Gasteiger partial charge in [-0.05, 0) is 16.9 Å². The summed E-state index contributed by atoms with van der Waals surface area (Å²) in [5.74, 6) is 1.29. The number of thioether (sulfide) groups is 1. The number of rotatable bonds is 4. The summed E-state index contributed by atoms with van der Waals surface area (Å²) in [4.78, 5) is 4.51. The van der Waals surface area contributed by atoms with Crippen LogP contribution in [0.4, 0.5) is 5.82 Å². The van der Waals surface area contributed by atoms with Gasteiger partial charge >= 0.3 is 0 Å². The van der Waals surface area contributed by atoms with Gasteiger partial charge in [-0.15, -0.1) is 11.8 Å². The third-order valence-corrected chi connectivity index (χ3v) is 4.57. The zero-order valence-electron chi connectivity index (χ0n) is 13.4. The van der Waals surface area contributed by atoms with E-state index in [-0.39, 0.29) is 0 Å². The van der Waals surface area contributed by atoms with Gasteiger partial charge in [-0.2, -0.15) is 5.26 Å². The van der Waals surface area contributed by atoms with E-state index in [0.29, 0.717) is 16.4 Å². The molecule has 2 N–H and O–H groups in total. The number of hydrogen-bond donors (Lipinski definition) is 1. The lowest BCUT2D eigenvalue weighted by Crippen LogP contribution is -2.03. The zero-order valence-corrected chi connectivity index (χ0v) is 14.2. The molecule has 1 heterocycles. The molecule has 0 fully saturated rings. The van der Waals surface area contributed by atoms with Crippen molar-refractivity contribution in [3.8, 4) is 28.3 Å². The summed E-state index contributed by atoms with van der Waals surface area (Å²) in [6.07, 6.45) is 0. The van der Waals surface area contributed by atoms with Gasteiger partial charge in [-0.1, -0.05) is 67.6 Å². The van der Waals surface area contributed by atoms with Gasteiger partial charge in [0.2, 0.25) is 0 Å². The molecular formula is C20H17N3S. The van der Waals surface area contributed by atoms with E-state index in [1.807, 2.05) is 67.6 Å². The van der Waals surface area contributed by atoms with Gasteiger partial charge < -0.3 is 5.73 Å². The fourth-order valence-electron chi connectivity index (χ4n) is 2.72. The minimum absolute atomic E-state index is 0.454. The quantitative estimate of drug-likeness (QED) is 0.685. The van der Waals surface area contributed by atoms with Crippen molar-refractivity contribution in [2.75, 3.05) is 11.5 Å². The Morgan fingerprint density at radius 3 is 2.00 bits per heavy atom. The highest BCUT2D eigenvalue weighted by Gasteiger charge is 2.20. The topological polar surface area (TPSA) is 62.7 Å². The van der Waals surface area contributed by atoms with Gasteiger partial charge in [0.25, 0.3) is 0 Å². The minimum atomic E-state index is 0.454. The maximum atomic E-state index is 9.81. The molecule has 3 rings (SSSR count). The highest BCUT2D eigenvalue weighted by atomic mass is 32.2. The predicted octanol–water partition coefficient (Wildman–Crippen LogP) is 4.98. The van der Waals surface area contributed by atoms with Crippen LogP contribution in [0.2, 0.25) is 0 Å². The van der Waals surface area contributed by atoms with Crippen molar-refractivity contribution in [1.82, 2.24) is 4.98 Å². The molecule has 0 spiro atoms. The monoisotopic (exact) mass is 331 g/mol. The summed E-state index contributed by atoms with van der Waals surface area (Å²) in [6, 6.07) is 22.1. The summed E-state index contributed by atoms with van der Waals surface area (Å²) in [5, 5.41) is 10.5. The molecular weight excluding hydrogens is 314 g/mol. The zero-order chi connectivity index (χ0) is 16.9. The van der Waals surface area contributed by atoms with E-state index in [1.165, 1.54) is 11.8 Å². The Labute approximate surface area is 146 Å². The third-order valence-electron chi connectivity index (χ3n) is 3.71. The first-order chi connectivity index (χ1) is 11.8. The van der Waals surface area contributed by atoms with Crippen LogP contribution in [0.15, 0.2) is 65.7 Å². The van der Waals surface area contributed by atoms with Crippen LogP contribution >= 0.6 is 11.8 Å². The smallest absolute Gasteiger partial charge is 0.133 e. The molecule has 3 aromatic rings. The van der Waals surface area contributed by atoms with Crippen molar-refractivity contribution in [3.05, 3.63) is 66.2 Å². The lowest BCUT2D eigenvalue weighted by Gasteiger charge is -2.17. The number of nitrogens with zero attached hydrogens (tertiary/aromatic N) is 2. The maximum Gasteiger partial charge on any atom is 0.133 e. The van der Waals surface area contributed by atoms with Gasteiger partial charge in [0.05, 0.1) is 5.56 Å². The molecule has 0 bridgehead atoms. The number of nitrogen functional groups attached to an aromatic ring is 1. The van der Waals surface area contributed by atoms with E-state index in [9.17, 15) is 5.26 Å². The number of hydrogen-bond acceptors (Lipinski definition) is 4. The van der Waals surface area contributed by atoms with E-state index in [4.69, 9.17) is 5.73 Å². The summed E-state index contributed by atoms with van der Waals surface area (Å²) < 4.78 is 0. The molecule has 118 valence electrons. The summed E-state index contributed by atoms with van der Waals surface area (Å²) >= 11 is 1.54. The van der Waals surface area contributed by atoms with E-state index >= 15 is 0 Å². The van der Waals surface area contributed by atoms with E-state index in [1.54, 1.807) is 0 Å². The molecule has 0 saturated heterocycles. The number of anilines is 1. The number of benzene rings is 2. The van der Waals surface area contributed by atoms with Crippen molar-refractivity contribution in [2.24, 2.45) is 0 Å². The lowest BCUT2D eigenvalue weighted by atomic mass is 9.92. The number of pyridine rings is 1. The minimum Gasteiger partial charge on any atom is -0.383 e. The molecule has 2 aromatic carbocycles. The SMILES string of the molecule is CCSc1nc(N)c(-c2ccccc2)c(-c2ccccc2)c1C#N. The highest BCUT2D eigenvalue weighted by Crippen LogP contribution is 2.41. The van der Waals surface area contributed by atoms with Gasteiger partial charge in [-0.3, -0.25) is 0 Å². The first-order valence-electron chi connectivity index (χ1n) is 7.73. The van der Waals surface area contributed by atoms with Gasteiger partial charge in [0.1, 0.15) is 16.9 Å². The average Bonchev–Trinajstić information content (AvgIpc) is 2.63. The van der Waals surface area contributed by atoms with Crippen molar-refractivity contribution in [1.29, 1.82) is 5.26 Å². The van der Waals surface area contributed by atoms with Crippen molar-refractivity contribution in [2.45, 2.75) is 11.9 Å². The number of aromatic nitrogens is 1. The van der Waals surface area contributed by atoms with Crippen molar-refractivity contribution >= 4 is 17.6 Å². The standard InChI is InChI=1S/C20H17N3S/c1-2-24-20-16(13-21)17(14-9-5-3-6-10-14)18(19(22)23-20)15-11-7-4-8-12-15/h3-12H,2H2,1H3,(H2,22,23). The van der Waals surface area contributed by atoms with Gasteiger partial charge in [-0.25, -0.2) is 4.98 Å². The first kappa shape index (κ1) is 16.1. The molecule has 0 saturated carbocycles. The van der Waals surface area contributed by atoms with Crippen molar-refractivity contribution < 1.29 is 0 Å². The average molecular weight is 331 g/mol. The van der Waals surface area contributed by atoms with Crippen LogP contribution < -0.4 is 5.73 Å². The Morgan fingerprint density at radius 1 is 0.958 bits per heavy atom. The largest absolute Gasteiger partial charge is 0.383 e. The van der Waals surface area contributed by atoms with E-state index in [2.05, 4.69) is 11.1 Å². The molecule has 0 atom stereocenters. The molecule has 0 radical (unpaired) electrons. The third kappa shape index (κ3) is 2.99. The Balaban J connectivity index is 2.39. The molecule has 0 aliphatic rings. The predicted molar refractivity (Wildman–Crippen MR) is 101 cm³/mol. The Bertz CT molecular complexity index is 884. The lowest BCUT2D eigenvalue weighted by molar-refractivity contribution is 1.12. The van der Waals surface area contributed by atoms with Gasteiger partial charge in [0.15, 0.2) is 0 Å². The Hall–Kier alpha value is -2.77. The highest BCUT2D eigenvalue weighted by molar-refractivity contribution is 7.99. The molecule has 0 aliphatic carbocycles. The summed E-state index contributed by atoms with van der Waals surface area (Å²) in [6.45, 7) is 2.04. The van der Waals surface area contributed by atoms with Crippen LogP contribution in [0.1, 0.15) is 12.5 Å². The summed E-state index contributed by atoms with van der Waals surface area (Å²) in [7, 11) is 0. The molecule has 0 unspecified atom stereocenters. The fraction of sp³-hybridized carbons (Fsp3) is 0.100. The van der Waals surface area contributed by atoms with Crippen LogP contribution in [0.5, 0.6) is 0 Å².